The van der Waals surface area contributed by atoms with E-state index in [1.54, 1.807) is 6.08 Å². The van der Waals surface area contributed by atoms with Gasteiger partial charge in [-0.05, 0) is 26.3 Å². The molecular formula is C9H17O. The lowest BCUT2D eigenvalue weighted by atomic mass is 10.3. The van der Waals surface area contributed by atoms with Crippen molar-refractivity contribution in [3.8, 4) is 0 Å². The van der Waals surface area contributed by atoms with Crippen LogP contribution in [0.25, 0.3) is 0 Å². The van der Waals surface area contributed by atoms with Gasteiger partial charge in [0.25, 0.3) is 0 Å². The van der Waals surface area contributed by atoms with Crippen molar-refractivity contribution in [1.29, 1.82) is 0 Å². The molecule has 0 saturated heterocycles. The van der Waals surface area contributed by atoms with Gasteiger partial charge in [0.2, 0.25) is 0 Å². The Labute approximate surface area is 64.1 Å². The van der Waals surface area contributed by atoms with Crippen LogP contribution in [-0.4, -0.2) is 6.61 Å². The van der Waals surface area contributed by atoms with E-state index in [9.17, 15) is 0 Å². The lowest BCUT2D eigenvalue weighted by Crippen LogP contribution is -1.91. The summed E-state index contributed by atoms with van der Waals surface area (Å²) in [7, 11) is 0. The van der Waals surface area contributed by atoms with Crippen molar-refractivity contribution in [2.75, 3.05) is 6.61 Å². The maximum atomic E-state index is 5.29. The van der Waals surface area contributed by atoms with E-state index < -0.39 is 0 Å². The Morgan fingerprint density at radius 3 is 2.70 bits per heavy atom. The molecule has 10 heavy (non-hydrogen) atoms. The number of hydrogen-bond donors (Lipinski definition) is 0. The predicted octanol–water partition coefficient (Wildman–Crippen LogP) is 2.93. The SMILES string of the molecule is [CH2]C=C(C)OCCCCC. The van der Waals surface area contributed by atoms with E-state index in [-0.39, 0.29) is 0 Å². The molecule has 0 fully saturated rings. The molecule has 0 spiro atoms. The first kappa shape index (κ1) is 9.54. The molecule has 0 aliphatic carbocycles. The molecule has 0 saturated carbocycles. The molecule has 0 unspecified atom stereocenters. The van der Waals surface area contributed by atoms with Crippen LogP contribution in [0.15, 0.2) is 11.8 Å². The van der Waals surface area contributed by atoms with Gasteiger partial charge in [0.1, 0.15) is 0 Å². The fourth-order valence-electron chi connectivity index (χ4n) is 0.644. The molecule has 0 aromatic heterocycles. The monoisotopic (exact) mass is 141 g/mol. The smallest absolute Gasteiger partial charge is 0.0889 e. The average Bonchev–Trinajstić information content (AvgIpc) is 1.98. The first-order chi connectivity index (χ1) is 4.81. The number of unbranched alkanes of at least 4 members (excludes halogenated alkanes) is 2. The highest BCUT2D eigenvalue weighted by Crippen LogP contribution is 1.99. The Hall–Kier alpha value is -0.460. The summed E-state index contributed by atoms with van der Waals surface area (Å²) < 4.78 is 5.29. The third-order valence-electron chi connectivity index (χ3n) is 1.37. The van der Waals surface area contributed by atoms with Gasteiger partial charge in [0, 0.05) is 0 Å². The minimum Gasteiger partial charge on any atom is -0.499 e. The summed E-state index contributed by atoms with van der Waals surface area (Å²) in [6.45, 7) is 8.55. The third kappa shape index (κ3) is 5.67. The van der Waals surface area contributed by atoms with Gasteiger partial charge >= 0.3 is 0 Å². The summed E-state index contributed by atoms with van der Waals surface area (Å²) in [5, 5.41) is 0. The number of hydrogen-bond acceptors (Lipinski definition) is 1. The Morgan fingerprint density at radius 1 is 1.50 bits per heavy atom. The van der Waals surface area contributed by atoms with E-state index in [0.717, 1.165) is 18.8 Å². The molecular weight excluding hydrogens is 124 g/mol. The van der Waals surface area contributed by atoms with Crippen LogP contribution < -0.4 is 0 Å². The number of ether oxygens (including phenoxy) is 1. The minimum atomic E-state index is 0.839. The average molecular weight is 141 g/mol. The van der Waals surface area contributed by atoms with E-state index >= 15 is 0 Å². The molecule has 0 N–H and O–H groups in total. The molecule has 0 atom stereocenters. The number of rotatable bonds is 5. The van der Waals surface area contributed by atoms with Crippen LogP contribution in [0.1, 0.15) is 33.1 Å². The lowest BCUT2D eigenvalue weighted by Gasteiger charge is -2.03. The second-order valence-corrected chi connectivity index (χ2v) is 2.37. The number of allylic oxidation sites excluding steroid dienone is 2. The second kappa shape index (κ2) is 6.66. The Morgan fingerprint density at radius 2 is 2.20 bits per heavy atom. The van der Waals surface area contributed by atoms with Gasteiger partial charge in [-0.25, -0.2) is 0 Å². The van der Waals surface area contributed by atoms with E-state index in [4.69, 9.17) is 4.74 Å². The van der Waals surface area contributed by atoms with Gasteiger partial charge in [0.05, 0.1) is 12.4 Å². The molecule has 0 amide bonds. The summed E-state index contributed by atoms with van der Waals surface area (Å²) in [6, 6.07) is 0. The highest BCUT2D eigenvalue weighted by Gasteiger charge is 1.87. The fraction of sp³-hybridized carbons (Fsp3) is 0.667. The molecule has 0 rings (SSSR count). The Balaban J connectivity index is 3.04. The molecule has 0 heterocycles. The van der Waals surface area contributed by atoms with Crippen molar-refractivity contribution in [2.24, 2.45) is 0 Å². The Kier molecular flexibility index (Phi) is 6.35. The van der Waals surface area contributed by atoms with E-state index in [1.165, 1.54) is 12.8 Å². The van der Waals surface area contributed by atoms with Crippen LogP contribution in [0.3, 0.4) is 0 Å². The first-order valence-electron chi connectivity index (χ1n) is 3.90. The van der Waals surface area contributed by atoms with Crippen molar-refractivity contribution in [1.82, 2.24) is 0 Å². The third-order valence-corrected chi connectivity index (χ3v) is 1.37. The topological polar surface area (TPSA) is 9.23 Å². The van der Waals surface area contributed by atoms with Crippen LogP contribution >= 0.6 is 0 Å². The zero-order valence-electron chi connectivity index (χ0n) is 7.02. The minimum absolute atomic E-state index is 0.839. The van der Waals surface area contributed by atoms with E-state index in [2.05, 4.69) is 13.8 Å². The molecule has 59 valence electrons. The van der Waals surface area contributed by atoms with Crippen LogP contribution in [0.2, 0.25) is 0 Å². The second-order valence-electron chi connectivity index (χ2n) is 2.37. The van der Waals surface area contributed by atoms with Crippen LogP contribution in [-0.2, 0) is 4.74 Å². The summed E-state index contributed by atoms with van der Waals surface area (Å²) in [6.07, 6.45) is 5.40. The van der Waals surface area contributed by atoms with Crippen LogP contribution in [0.5, 0.6) is 0 Å². The van der Waals surface area contributed by atoms with Crippen LogP contribution in [0.4, 0.5) is 0 Å². The van der Waals surface area contributed by atoms with Crippen molar-refractivity contribution in [2.45, 2.75) is 33.1 Å². The van der Waals surface area contributed by atoms with Gasteiger partial charge < -0.3 is 4.74 Å². The summed E-state index contributed by atoms with van der Waals surface area (Å²) in [5.74, 6) is 0.927. The zero-order valence-corrected chi connectivity index (χ0v) is 7.02. The first-order valence-corrected chi connectivity index (χ1v) is 3.90. The Bertz CT molecular complexity index is 94.9. The molecule has 0 aliphatic heterocycles. The summed E-state index contributed by atoms with van der Waals surface area (Å²) >= 11 is 0. The predicted molar refractivity (Wildman–Crippen MR) is 44.6 cm³/mol. The normalized spacial score (nSPS) is 11.7. The van der Waals surface area contributed by atoms with E-state index in [1.807, 2.05) is 6.92 Å². The highest BCUT2D eigenvalue weighted by atomic mass is 16.5. The zero-order chi connectivity index (χ0) is 7.82. The van der Waals surface area contributed by atoms with Gasteiger partial charge in [-0.1, -0.05) is 19.8 Å². The van der Waals surface area contributed by atoms with Crippen molar-refractivity contribution in [3.63, 3.8) is 0 Å². The summed E-state index contributed by atoms with van der Waals surface area (Å²) in [5.41, 5.74) is 0. The molecule has 1 nitrogen and oxygen atoms in total. The van der Waals surface area contributed by atoms with Gasteiger partial charge in [-0.2, -0.15) is 0 Å². The van der Waals surface area contributed by atoms with Crippen molar-refractivity contribution < 1.29 is 4.74 Å². The summed E-state index contributed by atoms with van der Waals surface area (Å²) in [4.78, 5) is 0. The van der Waals surface area contributed by atoms with Crippen molar-refractivity contribution in [3.05, 3.63) is 18.8 Å². The standard InChI is InChI=1S/C9H17O/c1-4-6-7-8-10-9(3)5-2/h5H,2,4,6-8H2,1,3H3. The molecule has 0 aromatic carbocycles. The quantitative estimate of drug-likeness (QED) is 0.422. The lowest BCUT2D eigenvalue weighted by molar-refractivity contribution is 0.207. The van der Waals surface area contributed by atoms with Gasteiger partial charge in [-0.15, -0.1) is 0 Å². The van der Waals surface area contributed by atoms with Gasteiger partial charge in [0.15, 0.2) is 0 Å². The highest BCUT2D eigenvalue weighted by molar-refractivity contribution is 4.89. The van der Waals surface area contributed by atoms with E-state index in [0.29, 0.717) is 0 Å². The maximum Gasteiger partial charge on any atom is 0.0889 e. The van der Waals surface area contributed by atoms with Crippen molar-refractivity contribution >= 4 is 0 Å². The molecule has 0 aliphatic rings. The largest absolute Gasteiger partial charge is 0.499 e. The molecule has 1 heteroatoms. The molecule has 1 radical (unpaired) electrons. The van der Waals surface area contributed by atoms with Crippen LogP contribution in [0, 0.1) is 6.92 Å². The molecule has 0 aromatic rings. The van der Waals surface area contributed by atoms with Gasteiger partial charge in [-0.3, -0.25) is 0 Å². The molecule has 0 bridgehead atoms. The fourth-order valence-corrected chi connectivity index (χ4v) is 0.644. The maximum absolute atomic E-state index is 5.29.